The van der Waals surface area contributed by atoms with E-state index < -0.39 is 5.60 Å². The minimum atomic E-state index is -0.546. The standard InChI is InChI=1S/C27H42O2/c1-19(9-7-17-26(3,4)29)23-15-16-24-22(11-8-18-27(23,24)5)14-13-21-10-6-12-25(28)20(21)2/h8,11,13-14,19,23-25,28-29H,2,6-7,9-10,12,15-18H2,1,3-5H3/b21-13-,22-14+/t19-,23-,24+,25+,27-/m1/s1. The van der Waals surface area contributed by atoms with Gasteiger partial charge < -0.3 is 10.2 Å². The molecule has 0 aromatic carbocycles. The normalized spacial score (nSPS) is 36.6. The van der Waals surface area contributed by atoms with Crippen LogP contribution in [0.15, 0.2) is 47.6 Å². The predicted molar refractivity (Wildman–Crippen MR) is 123 cm³/mol. The fourth-order valence-electron chi connectivity index (χ4n) is 6.26. The monoisotopic (exact) mass is 398 g/mol. The highest BCUT2D eigenvalue weighted by Crippen LogP contribution is 2.58. The third-order valence-corrected chi connectivity index (χ3v) is 8.03. The lowest BCUT2D eigenvalue weighted by Gasteiger charge is -2.42. The molecule has 2 N–H and O–H groups in total. The maximum absolute atomic E-state index is 10.1. The summed E-state index contributed by atoms with van der Waals surface area (Å²) in [6, 6.07) is 0. The number of aliphatic hydroxyl groups excluding tert-OH is 1. The van der Waals surface area contributed by atoms with Gasteiger partial charge in [-0.05, 0) is 98.7 Å². The zero-order valence-corrected chi connectivity index (χ0v) is 19.1. The molecular formula is C27H42O2. The van der Waals surface area contributed by atoms with Crippen LogP contribution < -0.4 is 0 Å². The molecule has 0 amide bonds. The van der Waals surface area contributed by atoms with Crippen LogP contribution in [0.3, 0.4) is 0 Å². The van der Waals surface area contributed by atoms with Crippen molar-refractivity contribution in [2.45, 2.75) is 97.2 Å². The molecule has 0 radical (unpaired) electrons. The summed E-state index contributed by atoms with van der Waals surface area (Å²) in [5.41, 5.74) is 3.41. The molecule has 0 saturated heterocycles. The molecule has 2 heteroatoms. The van der Waals surface area contributed by atoms with E-state index in [0.717, 1.165) is 43.6 Å². The summed E-state index contributed by atoms with van der Waals surface area (Å²) in [5.74, 6) is 2.08. The van der Waals surface area contributed by atoms with Crippen LogP contribution in [0.1, 0.15) is 85.5 Å². The summed E-state index contributed by atoms with van der Waals surface area (Å²) in [6.07, 6.45) is 18.8. The van der Waals surface area contributed by atoms with E-state index in [4.69, 9.17) is 0 Å². The summed E-state index contributed by atoms with van der Waals surface area (Å²) in [7, 11) is 0. The quantitative estimate of drug-likeness (QED) is 0.535. The van der Waals surface area contributed by atoms with Crippen LogP contribution in [0.4, 0.5) is 0 Å². The van der Waals surface area contributed by atoms with E-state index in [-0.39, 0.29) is 6.10 Å². The molecule has 0 heterocycles. The second-order valence-corrected chi connectivity index (χ2v) is 10.8. The maximum Gasteiger partial charge on any atom is 0.0787 e. The molecule has 0 unspecified atom stereocenters. The first kappa shape index (κ1) is 22.6. The number of hydrogen-bond donors (Lipinski definition) is 2. The first-order chi connectivity index (χ1) is 13.6. The fourth-order valence-corrected chi connectivity index (χ4v) is 6.26. The average molecular weight is 399 g/mol. The Morgan fingerprint density at radius 3 is 2.76 bits per heavy atom. The maximum atomic E-state index is 10.1. The van der Waals surface area contributed by atoms with Crippen molar-refractivity contribution in [2.24, 2.45) is 23.2 Å². The first-order valence-corrected chi connectivity index (χ1v) is 11.8. The van der Waals surface area contributed by atoms with E-state index in [1.54, 1.807) is 0 Å². The highest BCUT2D eigenvalue weighted by atomic mass is 16.3. The van der Waals surface area contributed by atoms with Gasteiger partial charge in [0, 0.05) is 0 Å². The van der Waals surface area contributed by atoms with Crippen LogP contribution in [0, 0.1) is 23.2 Å². The van der Waals surface area contributed by atoms with Gasteiger partial charge in [-0.25, -0.2) is 0 Å². The summed E-state index contributed by atoms with van der Waals surface area (Å²) >= 11 is 0. The number of aliphatic hydroxyl groups is 2. The topological polar surface area (TPSA) is 40.5 Å². The van der Waals surface area contributed by atoms with Crippen LogP contribution in [-0.4, -0.2) is 21.9 Å². The van der Waals surface area contributed by atoms with Gasteiger partial charge in [0.05, 0.1) is 11.7 Å². The Balaban J connectivity index is 1.70. The van der Waals surface area contributed by atoms with Gasteiger partial charge in [0.1, 0.15) is 0 Å². The Bertz CT molecular complexity index is 690. The van der Waals surface area contributed by atoms with Gasteiger partial charge in [-0.3, -0.25) is 0 Å². The van der Waals surface area contributed by atoms with E-state index >= 15 is 0 Å². The molecule has 29 heavy (non-hydrogen) atoms. The van der Waals surface area contributed by atoms with E-state index in [9.17, 15) is 10.2 Å². The fraction of sp³-hybridized carbons (Fsp3) is 0.704. The highest BCUT2D eigenvalue weighted by molar-refractivity contribution is 5.40. The van der Waals surface area contributed by atoms with Crippen molar-refractivity contribution >= 4 is 0 Å². The molecule has 3 rings (SSSR count). The van der Waals surface area contributed by atoms with E-state index in [0.29, 0.717) is 17.3 Å². The molecule has 3 aliphatic carbocycles. The predicted octanol–water partition coefficient (Wildman–Crippen LogP) is 6.51. The van der Waals surface area contributed by atoms with Gasteiger partial charge in [0.15, 0.2) is 0 Å². The smallest absolute Gasteiger partial charge is 0.0787 e. The van der Waals surface area contributed by atoms with Gasteiger partial charge in [-0.15, -0.1) is 0 Å². The molecule has 0 bridgehead atoms. The molecule has 0 aliphatic heterocycles. The zero-order valence-electron chi connectivity index (χ0n) is 19.1. The second-order valence-electron chi connectivity index (χ2n) is 10.8. The zero-order chi connectivity index (χ0) is 21.2. The van der Waals surface area contributed by atoms with Crippen molar-refractivity contribution in [1.82, 2.24) is 0 Å². The van der Waals surface area contributed by atoms with Crippen molar-refractivity contribution in [3.8, 4) is 0 Å². The van der Waals surface area contributed by atoms with Crippen molar-refractivity contribution < 1.29 is 10.2 Å². The summed E-state index contributed by atoms with van der Waals surface area (Å²) in [5, 5.41) is 20.1. The third kappa shape index (κ3) is 5.14. The van der Waals surface area contributed by atoms with Gasteiger partial charge in [0.2, 0.25) is 0 Å². The molecule has 3 aliphatic rings. The molecule has 0 spiro atoms. The van der Waals surface area contributed by atoms with E-state index in [2.05, 4.69) is 44.7 Å². The molecule has 2 fully saturated rings. The molecular weight excluding hydrogens is 356 g/mol. The summed E-state index contributed by atoms with van der Waals surface area (Å²) in [4.78, 5) is 0. The number of rotatable bonds is 6. The van der Waals surface area contributed by atoms with Crippen LogP contribution in [0.5, 0.6) is 0 Å². The minimum absolute atomic E-state index is 0.344. The van der Waals surface area contributed by atoms with Gasteiger partial charge >= 0.3 is 0 Å². The average Bonchev–Trinajstić information content (AvgIpc) is 2.99. The molecule has 0 aromatic rings. The number of allylic oxidation sites excluding steroid dienone is 5. The van der Waals surface area contributed by atoms with Gasteiger partial charge in [0.25, 0.3) is 0 Å². The SMILES string of the molecule is C=C1/C(=C\C=C2/C=CC[C@]3(C)[C@@H]([C@H](C)CCCC(C)(C)O)CC[C@@H]23)CCC[C@@H]1O. The Kier molecular flexibility index (Phi) is 6.95. The summed E-state index contributed by atoms with van der Waals surface area (Å²) < 4.78 is 0. The molecule has 2 saturated carbocycles. The first-order valence-electron chi connectivity index (χ1n) is 11.8. The lowest BCUT2D eigenvalue weighted by atomic mass is 9.62. The molecule has 162 valence electrons. The number of hydrogen-bond acceptors (Lipinski definition) is 2. The van der Waals surface area contributed by atoms with Gasteiger partial charge in [-0.1, -0.05) is 57.6 Å². The van der Waals surface area contributed by atoms with Crippen molar-refractivity contribution in [1.29, 1.82) is 0 Å². The van der Waals surface area contributed by atoms with E-state index in [1.165, 1.54) is 36.8 Å². The van der Waals surface area contributed by atoms with Crippen LogP contribution in [-0.2, 0) is 0 Å². The van der Waals surface area contributed by atoms with Crippen molar-refractivity contribution in [3.63, 3.8) is 0 Å². The van der Waals surface area contributed by atoms with Crippen LogP contribution in [0.2, 0.25) is 0 Å². The largest absolute Gasteiger partial charge is 0.390 e. The van der Waals surface area contributed by atoms with Crippen molar-refractivity contribution in [2.75, 3.05) is 0 Å². The minimum Gasteiger partial charge on any atom is -0.390 e. The Labute approximate surface area is 178 Å². The molecule has 2 nitrogen and oxygen atoms in total. The van der Waals surface area contributed by atoms with E-state index in [1.807, 2.05) is 13.8 Å². The lowest BCUT2D eigenvalue weighted by Crippen LogP contribution is -2.34. The lowest BCUT2D eigenvalue weighted by molar-refractivity contribution is 0.0625. The Morgan fingerprint density at radius 2 is 2.03 bits per heavy atom. The van der Waals surface area contributed by atoms with Gasteiger partial charge in [-0.2, -0.15) is 0 Å². The Morgan fingerprint density at radius 1 is 1.28 bits per heavy atom. The van der Waals surface area contributed by atoms with Crippen LogP contribution >= 0.6 is 0 Å². The highest BCUT2D eigenvalue weighted by Gasteiger charge is 2.49. The molecule has 5 atom stereocenters. The second kappa shape index (κ2) is 8.94. The number of fused-ring (bicyclic) bond motifs is 1. The van der Waals surface area contributed by atoms with Crippen molar-refractivity contribution in [3.05, 3.63) is 47.6 Å². The van der Waals surface area contributed by atoms with Crippen LogP contribution in [0.25, 0.3) is 0 Å². The summed E-state index contributed by atoms with van der Waals surface area (Å²) in [6.45, 7) is 12.9. The third-order valence-electron chi connectivity index (χ3n) is 8.03. The molecule has 0 aromatic heterocycles. The Hall–Kier alpha value is -1.12.